The minimum atomic E-state index is -0.754. The molecule has 1 aromatic rings. The summed E-state index contributed by atoms with van der Waals surface area (Å²) in [6.45, 7) is 0. The number of carboxylic acid groups (broad SMARTS) is 1. The van der Waals surface area contributed by atoms with E-state index in [2.05, 4.69) is 15.6 Å². The number of rotatable bonds is 3. The van der Waals surface area contributed by atoms with Gasteiger partial charge in [-0.25, -0.2) is 9.78 Å². The van der Waals surface area contributed by atoms with Gasteiger partial charge in [0.25, 0.3) is 0 Å². The van der Waals surface area contributed by atoms with E-state index in [4.69, 9.17) is 16.7 Å². The first-order valence-electron chi connectivity index (χ1n) is 6.46. The van der Waals surface area contributed by atoms with Crippen LogP contribution >= 0.6 is 11.6 Å². The second-order valence-electron chi connectivity index (χ2n) is 4.84. The van der Waals surface area contributed by atoms with Gasteiger partial charge >= 0.3 is 12.0 Å². The van der Waals surface area contributed by atoms with Gasteiger partial charge in [0, 0.05) is 17.3 Å². The molecule has 1 heterocycles. The Bertz CT molecular complexity index is 501. The normalized spacial score (nSPS) is 22.1. The monoisotopic (exact) mass is 297 g/mol. The molecular formula is C13H16ClN3O3. The summed E-state index contributed by atoms with van der Waals surface area (Å²) < 4.78 is 0. The Balaban J connectivity index is 1.80. The van der Waals surface area contributed by atoms with Crippen LogP contribution in [0.3, 0.4) is 0 Å². The minimum Gasteiger partial charge on any atom is -0.481 e. The highest BCUT2D eigenvalue weighted by molar-refractivity contribution is 6.30. The summed E-state index contributed by atoms with van der Waals surface area (Å²) in [4.78, 5) is 26.6. The highest BCUT2D eigenvalue weighted by Crippen LogP contribution is 2.24. The molecule has 2 rings (SSSR count). The van der Waals surface area contributed by atoms with Crippen molar-refractivity contribution in [1.82, 2.24) is 10.3 Å². The van der Waals surface area contributed by atoms with E-state index in [1.165, 1.54) is 6.20 Å². The topological polar surface area (TPSA) is 91.3 Å². The van der Waals surface area contributed by atoms with Gasteiger partial charge in [-0.05, 0) is 37.8 Å². The molecule has 1 fully saturated rings. The Kier molecular flexibility index (Phi) is 4.79. The van der Waals surface area contributed by atoms with Crippen LogP contribution in [-0.2, 0) is 4.79 Å². The van der Waals surface area contributed by atoms with Crippen molar-refractivity contribution in [1.29, 1.82) is 0 Å². The van der Waals surface area contributed by atoms with Crippen molar-refractivity contribution in [2.75, 3.05) is 5.32 Å². The van der Waals surface area contributed by atoms with Crippen LogP contribution in [0.2, 0.25) is 5.02 Å². The van der Waals surface area contributed by atoms with E-state index < -0.39 is 5.97 Å². The van der Waals surface area contributed by atoms with Crippen molar-refractivity contribution < 1.29 is 14.7 Å². The van der Waals surface area contributed by atoms with E-state index in [0.29, 0.717) is 36.5 Å². The van der Waals surface area contributed by atoms with Crippen molar-refractivity contribution in [2.24, 2.45) is 5.92 Å². The van der Waals surface area contributed by atoms with Crippen molar-refractivity contribution in [2.45, 2.75) is 31.7 Å². The molecule has 0 bridgehead atoms. The highest BCUT2D eigenvalue weighted by Gasteiger charge is 2.26. The fraction of sp³-hybridized carbons (Fsp3) is 0.462. The summed E-state index contributed by atoms with van der Waals surface area (Å²) in [6.07, 6.45) is 4.04. The molecule has 1 aliphatic rings. The number of carbonyl (C=O) groups is 2. The van der Waals surface area contributed by atoms with Crippen LogP contribution in [0.5, 0.6) is 0 Å². The lowest BCUT2D eigenvalue weighted by Crippen LogP contribution is -2.41. The molecule has 108 valence electrons. The number of carboxylic acids is 1. The van der Waals surface area contributed by atoms with Crippen LogP contribution < -0.4 is 10.6 Å². The number of aliphatic carboxylic acids is 1. The fourth-order valence-corrected chi connectivity index (χ4v) is 2.46. The third-order valence-corrected chi connectivity index (χ3v) is 3.61. The molecule has 1 aromatic heterocycles. The number of pyridine rings is 1. The third kappa shape index (κ3) is 4.09. The van der Waals surface area contributed by atoms with Gasteiger partial charge in [0.1, 0.15) is 5.82 Å². The molecule has 0 aromatic carbocycles. The van der Waals surface area contributed by atoms with Crippen LogP contribution in [0.15, 0.2) is 18.3 Å². The van der Waals surface area contributed by atoms with Gasteiger partial charge < -0.3 is 10.4 Å². The zero-order valence-corrected chi connectivity index (χ0v) is 11.6. The predicted octanol–water partition coefficient (Wildman–Crippen LogP) is 2.50. The summed E-state index contributed by atoms with van der Waals surface area (Å²) in [6, 6.07) is 2.84. The number of nitrogens with one attached hydrogen (secondary N) is 2. The van der Waals surface area contributed by atoms with Gasteiger partial charge in [-0.15, -0.1) is 0 Å². The van der Waals surface area contributed by atoms with E-state index in [-0.39, 0.29) is 18.0 Å². The van der Waals surface area contributed by atoms with Gasteiger partial charge in [0.15, 0.2) is 0 Å². The molecule has 1 saturated carbocycles. The number of urea groups is 1. The number of carbonyl (C=O) groups excluding carboxylic acids is 1. The molecule has 1 aliphatic carbocycles. The molecule has 0 atom stereocenters. The molecule has 0 unspecified atom stereocenters. The molecular weight excluding hydrogens is 282 g/mol. The zero-order chi connectivity index (χ0) is 14.5. The Labute approximate surface area is 121 Å². The standard InChI is InChI=1S/C13H16ClN3O3/c14-9-5-6-15-11(7-9)17-13(20)16-10-3-1-8(2-4-10)12(18)19/h5-8,10H,1-4H2,(H,18,19)(H2,15,16,17,20). The number of aromatic nitrogens is 1. The van der Waals surface area contributed by atoms with E-state index in [1.807, 2.05) is 0 Å². The lowest BCUT2D eigenvalue weighted by molar-refractivity contribution is -0.142. The summed E-state index contributed by atoms with van der Waals surface area (Å²) in [7, 11) is 0. The first-order valence-corrected chi connectivity index (χ1v) is 6.84. The zero-order valence-electron chi connectivity index (χ0n) is 10.8. The van der Waals surface area contributed by atoms with E-state index in [0.717, 1.165) is 0 Å². The Hall–Kier alpha value is -1.82. The minimum absolute atomic E-state index is 0.00443. The average molecular weight is 298 g/mol. The molecule has 0 saturated heterocycles. The van der Waals surface area contributed by atoms with E-state index >= 15 is 0 Å². The van der Waals surface area contributed by atoms with Crippen LogP contribution in [0, 0.1) is 5.92 Å². The van der Waals surface area contributed by atoms with Gasteiger partial charge in [-0.1, -0.05) is 11.6 Å². The number of nitrogens with zero attached hydrogens (tertiary/aromatic N) is 1. The lowest BCUT2D eigenvalue weighted by Gasteiger charge is -2.26. The summed E-state index contributed by atoms with van der Waals surface area (Å²) in [5.74, 6) is -0.657. The maximum atomic E-state index is 11.8. The Morgan fingerprint density at radius 2 is 2.00 bits per heavy atom. The van der Waals surface area contributed by atoms with Gasteiger partial charge in [0.05, 0.1) is 5.92 Å². The van der Waals surface area contributed by atoms with Crippen molar-refractivity contribution >= 4 is 29.4 Å². The molecule has 7 heteroatoms. The van der Waals surface area contributed by atoms with Crippen LogP contribution in [0.4, 0.5) is 10.6 Å². The first-order chi connectivity index (χ1) is 9.54. The smallest absolute Gasteiger partial charge is 0.320 e. The third-order valence-electron chi connectivity index (χ3n) is 3.38. The molecule has 0 aliphatic heterocycles. The van der Waals surface area contributed by atoms with Gasteiger partial charge in [-0.2, -0.15) is 0 Å². The first kappa shape index (κ1) is 14.6. The van der Waals surface area contributed by atoms with Crippen LogP contribution in [-0.4, -0.2) is 28.1 Å². The summed E-state index contributed by atoms with van der Waals surface area (Å²) in [5.41, 5.74) is 0. The number of hydrogen-bond donors (Lipinski definition) is 3. The molecule has 6 nitrogen and oxygen atoms in total. The second kappa shape index (κ2) is 6.56. The number of anilines is 1. The predicted molar refractivity (Wildman–Crippen MR) is 74.8 cm³/mol. The molecule has 2 amide bonds. The highest BCUT2D eigenvalue weighted by atomic mass is 35.5. The van der Waals surface area contributed by atoms with Crippen molar-refractivity contribution in [3.8, 4) is 0 Å². The van der Waals surface area contributed by atoms with Crippen LogP contribution in [0.1, 0.15) is 25.7 Å². The summed E-state index contributed by atoms with van der Waals surface area (Å²) in [5, 5.41) is 14.8. The maximum Gasteiger partial charge on any atom is 0.320 e. The van der Waals surface area contributed by atoms with Gasteiger partial charge in [-0.3, -0.25) is 10.1 Å². The lowest BCUT2D eigenvalue weighted by atomic mass is 9.86. The van der Waals surface area contributed by atoms with Crippen molar-refractivity contribution in [3.05, 3.63) is 23.4 Å². The Morgan fingerprint density at radius 1 is 1.30 bits per heavy atom. The molecule has 0 spiro atoms. The fourth-order valence-electron chi connectivity index (χ4n) is 2.30. The molecule has 3 N–H and O–H groups in total. The number of halogens is 1. The largest absolute Gasteiger partial charge is 0.481 e. The number of amides is 2. The van der Waals surface area contributed by atoms with Gasteiger partial charge in [0.2, 0.25) is 0 Å². The maximum absolute atomic E-state index is 11.8. The SMILES string of the molecule is O=C(Nc1cc(Cl)ccn1)NC1CCC(C(=O)O)CC1. The van der Waals surface area contributed by atoms with E-state index in [9.17, 15) is 9.59 Å². The molecule has 0 radical (unpaired) electrons. The number of hydrogen-bond acceptors (Lipinski definition) is 3. The second-order valence-corrected chi connectivity index (χ2v) is 5.28. The quantitative estimate of drug-likeness (QED) is 0.799. The Morgan fingerprint density at radius 3 is 2.60 bits per heavy atom. The average Bonchev–Trinajstić information content (AvgIpc) is 2.39. The van der Waals surface area contributed by atoms with Crippen molar-refractivity contribution in [3.63, 3.8) is 0 Å². The summed E-state index contributed by atoms with van der Waals surface area (Å²) >= 11 is 5.80. The van der Waals surface area contributed by atoms with Crippen LogP contribution in [0.25, 0.3) is 0 Å². The van der Waals surface area contributed by atoms with E-state index in [1.54, 1.807) is 12.1 Å². The molecule has 20 heavy (non-hydrogen) atoms.